The predicted molar refractivity (Wildman–Crippen MR) is 70.4 cm³/mol. The van der Waals surface area contributed by atoms with Gasteiger partial charge in [0.15, 0.2) is 0 Å². The Balaban J connectivity index is 3.09. The summed E-state index contributed by atoms with van der Waals surface area (Å²) >= 11 is 0. The van der Waals surface area contributed by atoms with E-state index in [0.29, 0.717) is 6.42 Å². The van der Waals surface area contributed by atoms with Crippen LogP contribution in [0.3, 0.4) is 0 Å². The van der Waals surface area contributed by atoms with Gasteiger partial charge >= 0.3 is 5.97 Å². The molecule has 0 aliphatic carbocycles. The number of esters is 1. The second-order valence-corrected chi connectivity index (χ2v) is 6.01. The van der Waals surface area contributed by atoms with Crippen molar-refractivity contribution in [3.63, 3.8) is 0 Å². The van der Waals surface area contributed by atoms with Crippen molar-refractivity contribution in [2.24, 2.45) is 5.92 Å². The van der Waals surface area contributed by atoms with Crippen LogP contribution >= 0.6 is 0 Å². The smallest absolute Gasteiger partial charge is 0.302 e. The SMILES string of the molecule is CCC1(C)CC(OC(C)=O)C(C)[C@](C)(CC)N1O. The van der Waals surface area contributed by atoms with Crippen molar-refractivity contribution in [2.75, 3.05) is 0 Å². The number of hydrogen-bond acceptors (Lipinski definition) is 4. The molecule has 0 aromatic heterocycles. The van der Waals surface area contributed by atoms with Crippen molar-refractivity contribution >= 4 is 5.97 Å². The second kappa shape index (κ2) is 5.17. The number of carbonyl (C=O) groups is 1. The van der Waals surface area contributed by atoms with Gasteiger partial charge < -0.3 is 9.94 Å². The topological polar surface area (TPSA) is 49.8 Å². The molecule has 1 rings (SSSR count). The maximum atomic E-state index is 11.2. The number of hydrogen-bond donors (Lipinski definition) is 1. The Labute approximate surface area is 110 Å². The fourth-order valence-corrected chi connectivity index (χ4v) is 3.03. The van der Waals surface area contributed by atoms with Gasteiger partial charge in [0.25, 0.3) is 0 Å². The molecular weight excluding hydrogens is 230 g/mol. The predicted octanol–water partition coefficient (Wildman–Crippen LogP) is 2.99. The maximum absolute atomic E-state index is 11.2. The number of nitrogens with zero attached hydrogens (tertiary/aromatic N) is 1. The number of hydroxylamine groups is 2. The molecule has 0 radical (unpaired) electrons. The Morgan fingerprint density at radius 3 is 2.33 bits per heavy atom. The summed E-state index contributed by atoms with van der Waals surface area (Å²) in [4.78, 5) is 11.2. The lowest BCUT2D eigenvalue weighted by Gasteiger charge is -2.56. The molecule has 0 aromatic rings. The summed E-state index contributed by atoms with van der Waals surface area (Å²) in [5.74, 6) is -0.133. The Morgan fingerprint density at radius 2 is 1.94 bits per heavy atom. The number of rotatable bonds is 3. The van der Waals surface area contributed by atoms with Gasteiger partial charge in [-0.3, -0.25) is 4.79 Å². The molecule has 4 atom stereocenters. The van der Waals surface area contributed by atoms with E-state index in [9.17, 15) is 10.0 Å². The average molecular weight is 257 g/mol. The second-order valence-electron chi connectivity index (χ2n) is 6.01. The summed E-state index contributed by atoms with van der Waals surface area (Å²) in [5, 5.41) is 12.1. The molecule has 0 spiro atoms. The Hall–Kier alpha value is -0.610. The fraction of sp³-hybridized carbons (Fsp3) is 0.929. The van der Waals surface area contributed by atoms with Crippen molar-refractivity contribution in [3.8, 4) is 0 Å². The van der Waals surface area contributed by atoms with E-state index in [1.54, 1.807) is 0 Å². The molecule has 0 aromatic carbocycles. The number of piperidine rings is 1. The Morgan fingerprint density at radius 1 is 1.39 bits per heavy atom. The highest BCUT2D eigenvalue weighted by atomic mass is 16.5. The minimum absolute atomic E-state index is 0.107. The molecule has 1 N–H and O–H groups in total. The molecule has 4 heteroatoms. The zero-order valence-electron chi connectivity index (χ0n) is 12.5. The van der Waals surface area contributed by atoms with Gasteiger partial charge in [-0.05, 0) is 26.7 Å². The summed E-state index contributed by atoms with van der Waals surface area (Å²) < 4.78 is 5.47. The molecule has 18 heavy (non-hydrogen) atoms. The summed E-state index contributed by atoms with van der Waals surface area (Å²) in [6.07, 6.45) is 2.19. The van der Waals surface area contributed by atoms with E-state index in [-0.39, 0.29) is 29.1 Å². The molecule has 1 heterocycles. The summed E-state index contributed by atoms with van der Waals surface area (Å²) in [7, 11) is 0. The van der Waals surface area contributed by atoms with Crippen molar-refractivity contribution in [2.45, 2.75) is 78.0 Å². The standard InChI is InChI=1S/C14H27NO3/c1-7-13(5)9-12(18-11(4)16)10(3)14(6,8-2)15(13)17/h10,12,17H,7-9H2,1-6H3/t10?,12?,13?,14-/m0/s1. The molecule has 1 saturated heterocycles. The normalized spacial score (nSPS) is 41.7. The molecule has 0 bridgehead atoms. The van der Waals surface area contributed by atoms with Gasteiger partial charge in [0.05, 0.1) is 0 Å². The maximum Gasteiger partial charge on any atom is 0.302 e. The first-order valence-electron chi connectivity index (χ1n) is 6.87. The zero-order chi connectivity index (χ0) is 14.1. The summed E-state index contributed by atoms with van der Waals surface area (Å²) in [6.45, 7) is 11.7. The number of carbonyl (C=O) groups excluding carboxylic acids is 1. The van der Waals surface area contributed by atoms with Crippen LogP contribution in [0.15, 0.2) is 0 Å². The van der Waals surface area contributed by atoms with Gasteiger partial charge in [-0.1, -0.05) is 20.8 Å². The summed E-state index contributed by atoms with van der Waals surface area (Å²) in [6, 6.07) is 0. The molecule has 106 valence electrons. The Kier molecular flexibility index (Phi) is 4.44. The van der Waals surface area contributed by atoms with Gasteiger partial charge in [-0.25, -0.2) is 0 Å². The van der Waals surface area contributed by atoms with Crippen LogP contribution < -0.4 is 0 Å². The van der Waals surface area contributed by atoms with Crippen LogP contribution in [0.4, 0.5) is 0 Å². The lowest BCUT2D eigenvalue weighted by atomic mass is 9.69. The molecule has 1 aliphatic rings. The van der Waals surface area contributed by atoms with Gasteiger partial charge in [0.2, 0.25) is 0 Å². The van der Waals surface area contributed by atoms with Crippen LogP contribution in [-0.2, 0) is 9.53 Å². The van der Waals surface area contributed by atoms with Gasteiger partial charge in [0, 0.05) is 30.3 Å². The molecule has 3 unspecified atom stereocenters. The highest BCUT2D eigenvalue weighted by Gasteiger charge is 2.53. The third kappa shape index (κ3) is 2.41. The highest BCUT2D eigenvalue weighted by Crippen LogP contribution is 2.45. The third-order valence-electron chi connectivity index (χ3n) is 4.97. The van der Waals surface area contributed by atoms with Crippen LogP contribution in [0.2, 0.25) is 0 Å². The van der Waals surface area contributed by atoms with E-state index in [4.69, 9.17) is 4.74 Å². The van der Waals surface area contributed by atoms with Crippen LogP contribution in [0.5, 0.6) is 0 Å². The molecular formula is C14H27NO3. The van der Waals surface area contributed by atoms with Gasteiger partial charge in [-0.2, -0.15) is 5.06 Å². The molecule has 1 fully saturated rings. The van der Waals surface area contributed by atoms with Crippen molar-refractivity contribution in [3.05, 3.63) is 0 Å². The third-order valence-corrected chi connectivity index (χ3v) is 4.97. The minimum atomic E-state index is -0.358. The first-order chi connectivity index (χ1) is 8.21. The fourth-order valence-electron chi connectivity index (χ4n) is 3.03. The average Bonchev–Trinajstić information content (AvgIpc) is 2.33. The first-order valence-corrected chi connectivity index (χ1v) is 6.87. The monoisotopic (exact) mass is 257 g/mol. The van der Waals surface area contributed by atoms with Gasteiger partial charge in [0.1, 0.15) is 6.10 Å². The lowest BCUT2D eigenvalue weighted by Crippen LogP contribution is -2.66. The van der Waals surface area contributed by atoms with Gasteiger partial charge in [-0.15, -0.1) is 0 Å². The van der Waals surface area contributed by atoms with Crippen LogP contribution in [0, 0.1) is 5.92 Å². The minimum Gasteiger partial charge on any atom is -0.462 e. The van der Waals surface area contributed by atoms with Crippen molar-refractivity contribution < 1.29 is 14.7 Å². The first kappa shape index (κ1) is 15.4. The van der Waals surface area contributed by atoms with E-state index in [1.807, 2.05) is 13.8 Å². The zero-order valence-corrected chi connectivity index (χ0v) is 12.5. The van der Waals surface area contributed by atoms with Crippen LogP contribution in [0.1, 0.15) is 60.8 Å². The van der Waals surface area contributed by atoms with Crippen molar-refractivity contribution in [1.29, 1.82) is 0 Å². The summed E-state index contributed by atoms with van der Waals surface area (Å²) in [5.41, 5.74) is -0.694. The van der Waals surface area contributed by atoms with Crippen molar-refractivity contribution in [1.82, 2.24) is 5.06 Å². The van der Waals surface area contributed by atoms with E-state index < -0.39 is 0 Å². The molecule has 4 nitrogen and oxygen atoms in total. The quantitative estimate of drug-likeness (QED) is 0.790. The van der Waals surface area contributed by atoms with E-state index >= 15 is 0 Å². The van der Waals surface area contributed by atoms with E-state index in [1.165, 1.54) is 12.0 Å². The Bertz CT molecular complexity index is 320. The molecule has 0 amide bonds. The van der Waals surface area contributed by atoms with E-state index in [0.717, 1.165) is 12.8 Å². The molecule has 1 aliphatic heterocycles. The molecule has 0 saturated carbocycles. The van der Waals surface area contributed by atoms with Crippen LogP contribution in [-0.4, -0.2) is 33.4 Å². The largest absolute Gasteiger partial charge is 0.462 e. The highest BCUT2D eigenvalue weighted by molar-refractivity contribution is 5.66. The van der Waals surface area contributed by atoms with Crippen LogP contribution in [0.25, 0.3) is 0 Å². The number of ether oxygens (including phenoxy) is 1. The van der Waals surface area contributed by atoms with E-state index in [2.05, 4.69) is 20.8 Å². The lowest BCUT2D eigenvalue weighted by molar-refractivity contribution is -0.288.